The van der Waals surface area contributed by atoms with Crippen molar-refractivity contribution in [2.75, 3.05) is 13.7 Å². The van der Waals surface area contributed by atoms with Crippen molar-refractivity contribution in [3.05, 3.63) is 58.1 Å². The van der Waals surface area contributed by atoms with Gasteiger partial charge in [0.25, 0.3) is 11.8 Å². The Morgan fingerprint density at radius 2 is 1.79 bits per heavy atom. The lowest BCUT2D eigenvalue weighted by Gasteiger charge is -2.13. The predicted octanol–water partition coefficient (Wildman–Crippen LogP) is 3.30. The topological polar surface area (TPSA) is 88.7 Å². The van der Waals surface area contributed by atoms with Gasteiger partial charge in [0, 0.05) is 4.47 Å². The van der Waals surface area contributed by atoms with Crippen molar-refractivity contribution in [2.45, 2.75) is 19.8 Å². The number of methoxy groups -OCH3 is 1. The number of hydrazine groups is 1. The summed E-state index contributed by atoms with van der Waals surface area (Å²) in [5, 5.41) is 2.41. The van der Waals surface area contributed by atoms with Crippen LogP contribution in [-0.4, -0.2) is 30.6 Å². The first-order valence-corrected chi connectivity index (χ1v) is 9.96. The Balaban J connectivity index is 1.79. The smallest absolute Gasteiger partial charge is 0.276 e. The zero-order valence-corrected chi connectivity index (χ0v) is 18.6. The lowest BCUT2D eigenvalue weighted by atomic mass is 10.0. The second-order valence-electron chi connectivity index (χ2n) is 6.31. The van der Waals surface area contributed by atoms with Gasteiger partial charge in [-0.05, 0) is 54.0 Å². The van der Waals surface area contributed by atoms with E-state index >= 15 is 0 Å². The number of benzene rings is 2. The quantitative estimate of drug-likeness (QED) is 0.435. The van der Waals surface area contributed by atoms with Gasteiger partial charge in [-0.25, -0.2) is 0 Å². The molecule has 2 amide bonds. The van der Waals surface area contributed by atoms with Crippen LogP contribution in [0.25, 0.3) is 0 Å². The van der Waals surface area contributed by atoms with E-state index in [1.807, 2.05) is 24.3 Å². The molecule has 2 aromatic carbocycles. The maximum atomic E-state index is 12.3. The molecule has 0 saturated carbocycles. The van der Waals surface area contributed by atoms with Crippen LogP contribution in [0.3, 0.4) is 0 Å². The van der Waals surface area contributed by atoms with E-state index in [2.05, 4.69) is 45.9 Å². The Morgan fingerprint density at radius 3 is 2.41 bits per heavy atom. The third-order valence-corrected chi connectivity index (χ3v) is 4.56. The number of carbonyl (C=O) groups is 2. The molecule has 2 rings (SSSR count). The molecule has 9 heteroatoms. The molecular formula is C20H22BrN3O4S. The van der Waals surface area contributed by atoms with Crippen LogP contribution in [-0.2, 0) is 4.79 Å². The molecule has 154 valence electrons. The van der Waals surface area contributed by atoms with Gasteiger partial charge in [-0.15, -0.1) is 0 Å². The molecule has 0 unspecified atom stereocenters. The third-order valence-electron chi connectivity index (χ3n) is 3.87. The Morgan fingerprint density at radius 1 is 1.10 bits per heavy atom. The van der Waals surface area contributed by atoms with Crippen molar-refractivity contribution in [1.29, 1.82) is 0 Å². The lowest BCUT2D eigenvalue weighted by Crippen LogP contribution is -2.49. The second kappa shape index (κ2) is 10.8. The van der Waals surface area contributed by atoms with Crippen LogP contribution >= 0.6 is 28.1 Å². The molecule has 3 N–H and O–H groups in total. The highest BCUT2D eigenvalue weighted by molar-refractivity contribution is 9.10. The predicted molar refractivity (Wildman–Crippen MR) is 118 cm³/mol. The van der Waals surface area contributed by atoms with Gasteiger partial charge >= 0.3 is 0 Å². The summed E-state index contributed by atoms with van der Waals surface area (Å²) in [6.45, 7) is 4.00. The van der Waals surface area contributed by atoms with Crippen LogP contribution in [0.1, 0.15) is 35.7 Å². The number of halogens is 1. The largest absolute Gasteiger partial charge is 0.496 e. The first kappa shape index (κ1) is 22.6. The van der Waals surface area contributed by atoms with Crippen molar-refractivity contribution in [1.82, 2.24) is 16.2 Å². The highest BCUT2D eigenvalue weighted by atomic mass is 79.9. The summed E-state index contributed by atoms with van der Waals surface area (Å²) in [4.78, 5) is 24.2. The normalized spacial score (nSPS) is 10.2. The zero-order valence-electron chi connectivity index (χ0n) is 16.2. The highest BCUT2D eigenvalue weighted by Crippen LogP contribution is 2.22. The minimum absolute atomic E-state index is 0.0633. The first-order valence-electron chi connectivity index (χ1n) is 8.76. The fourth-order valence-corrected chi connectivity index (χ4v) is 2.82. The molecule has 0 aliphatic heterocycles. The van der Waals surface area contributed by atoms with Gasteiger partial charge in [-0.1, -0.05) is 41.9 Å². The Kier molecular flexibility index (Phi) is 8.41. The highest BCUT2D eigenvalue weighted by Gasteiger charge is 2.14. The van der Waals surface area contributed by atoms with Crippen molar-refractivity contribution in [3.63, 3.8) is 0 Å². The van der Waals surface area contributed by atoms with E-state index in [1.165, 1.54) is 12.7 Å². The van der Waals surface area contributed by atoms with Crippen molar-refractivity contribution in [3.8, 4) is 11.5 Å². The molecule has 0 radical (unpaired) electrons. The minimum atomic E-state index is -0.476. The molecule has 0 heterocycles. The van der Waals surface area contributed by atoms with E-state index < -0.39 is 11.8 Å². The number of hydrogen-bond acceptors (Lipinski definition) is 5. The van der Waals surface area contributed by atoms with Crippen LogP contribution in [0.4, 0.5) is 0 Å². The molecule has 0 spiro atoms. The monoisotopic (exact) mass is 479 g/mol. The number of carbonyl (C=O) groups excluding carboxylic acids is 2. The van der Waals surface area contributed by atoms with Crippen LogP contribution in [0.2, 0.25) is 0 Å². The molecule has 7 nitrogen and oxygen atoms in total. The Hall–Kier alpha value is -2.65. The van der Waals surface area contributed by atoms with E-state index in [0.717, 1.165) is 0 Å². The molecule has 29 heavy (non-hydrogen) atoms. The number of amides is 2. The van der Waals surface area contributed by atoms with Crippen LogP contribution in [0.15, 0.2) is 46.9 Å². The Labute approximate surface area is 183 Å². The number of ether oxygens (including phenoxy) is 2. The van der Waals surface area contributed by atoms with Crippen LogP contribution in [0, 0.1) is 0 Å². The summed E-state index contributed by atoms with van der Waals surface area (Å²) in [6.07, 6.45) is 0. The minimum Gasteiger partial charge on any atom is -0.496 e. The number of rotatable bonds is 6. The number of thiocarbonyl (C=S) groups is 1. The van der Waals surface area contributed by atoms with Crippen molar-refractivity contribution < 1.29 is 19.1 Å². The summed E-state index contributed by atoms with van der Waals surface area (Å²) < 4.78 is 11.3. The van der Waals surface area contributed by atoms with E-state index in [-0.39, 0.29) is 11.7 Å². The molecule has 0 aliphatic carbocycles. The Bertz CT molecular complexity index is 888. The summed E-state index contributed by atoms with van der Waals surface area (Å²) in [7, 11) is 1.47. The maximum Gasteiger partial charge on any atom is 0.276 e. The van der Waals surface area contributed by atoms with Gasteiger partial charge in [-0.2, -0.15) is 0 Å². The molecule has 0 saturated heterocycles. The zero-order chi connectivity index (χ0) is 21.4. The number of hydrogen-bond donors (Lipinski definition) is 3. The van der Waals surface area contributed by atoms with Crippen LogP contribution in [0.5, 0.6) is 11.5 Å². The molecule has 0 aliphatic rings. The molecule has 0 atom stereocenters. The standard InChI is InChI=1S/C20H22BrN3O4S/c1-12(2)13-4-7-15(8-5-13)28-11-18(25)23-24-20(29)22-19(26)16-10-14(21)6-9-17(16)27-3/h4-10,12H,11H2,1-3H3,(H,23,25)(H2,22,24,26,29). The summed E-state index contributed by atoms with van der Waals surface area (Å²) in [6, 6.07) is 12.5. The molecule has 0 bridgehead atoms. The fourth-order valence-electron chi connectivity index (χ4n) is 2.32. The van der Waals surface area contributed by atoms with Crippen molar-refractivity contribution >= 4 is 45.1 Å². The van der Waals surface area contributed by atoms with E-state index in [0.29, 0.717) is 27.5 Å². The molecule has 0 aromatic heterocycles. The van der Waals surface area contributed by atoms with Gasteiger partial charge < -0.3 is 9.47 Å². The molecule has 2 aromatic rings. The fraction of sp³-hybridized carbons (Fsp3) is 0.250. The SMILES string of the molecule is COc1ccc(Br)cc1C(=O)NC(=S)NNC(=O)COc1ccc(C(C)C)cc1. The maximum absolute atomic E-state index is 12.3. The summed E-state index contributed by atoms with van der Waals surface area (Å²) in [5.41, 5.74) is 6.32. The van der Waals surface area contributed by atoms with Gasteiger partial charge in [0.05, 0.1) is 12.7 Å². The first-order chi connectivity index (χ1) is 13.8. The average Bonchev–Trinajstić information content (AvgIpc) is 2.70. The third kappa shape index (κ3) is 7.03. The van der Waals surface area contributed by atoms with E-state index in [1.54, 1.807) is 18.2 Å². The summed E-state index contributed by atoms with van der Waals surface area (Å²) in [5.74, 6) is 0.479. The molecular weight excluding hydrogens is 458 g/mol. The van der Waals surface area contributed by atoms with Gasteiger partial charge in [-0.3, -0.25) is 25.8 Å². The summed E-state index contributed by atoms with van der Waals surface area (Å²) >= 11 is 8.33. The average molecular weight is 480 g/mol. The van der Waals surface area contributed by atoms with E-state index in [4.69, 9.17) is 21.7 Å². The van der Waals surface area contributed by atoms with Gasteiger partial charge in [0.15, 0.2) is 11.7 Å². The van der Waals surface area contributed by atoms with E-state index in [9.17, 15) is 9.59 Å². The molecule has 0 fully saturated rings. The number of nitrogens with one attached hydrogen (secondary N) is 3. The van der Waals surface area contributed by atoms with Crippen molar-refractivity contribution in [2.24, 2.45) is 0 Å². The lowest BCUT2D eigenvalue weighted by molar-refractivity contribution is -0.123. The van der Waals surface area contributed by atoms with Crippen LogP contribution < -0.4 is 25.6 Å². The second-order valence-corrected chi connectivity index (χ2v) is 7.64. The van der Waals surface area contributed by atoms with Gasteiger partial charge in [0.1, 0.15) is 11.5 Å². The van der Waals surface area contributed by atoms with Gasteiger partial charge in [0.2, 0.25) is 0 Å².